The minimum atomic E-state index is -1.39. The van der Waals surface area contributed by atoms with Gasteiger partial charge >= 0.3 is 5.97 Å². The molecule has 0 saturated heterocycles. The zero-order chi connectivity index (χ0) is 17.0. The van der Waals surface area contributed by atoms with Crippen LogP contribution >= 0.6 is 0 Å². The molecule has 126 valence electrons. The predicted octanol–water partition coefficient (Wildman–Crippen LogP) is 1.05. The van der Waals surface area contributed by atoms with Gasteiger partial charge in [-0.15, -0.1) is 0 Å². The van der Waals surface area contributed by atoms with E-state index in [-0.39, 0.29) is 18.1 Å². The van der Waals surface area contributed by atoms with Crippen LogP contribution in [0.4, 0.5) is 0 Å². The average molecular weight is 320 g/mol. The molecular weight excluding hydrogens is 296 g/mol. The van der Waals surface area contributed by atoms with E-state index in [9.17, 15) is 19.8 Å². The number of phenolic OH excluding ortho intramolecular Hbond substituents is 1. The lowest BCUT2D eigenvalue weighted by atomic mass is 9.66. The molecule has 6 N–H and O–H groups in total. The van der Waals surface area contributed by atoms with Crippen molar-refractivity contribution in [3.63, 3.8) is 0 Å². The van der Waals surface area contributed by atoms with Crippen LogP contribution in [0.5, 0.6) is 5.75 Å². The highest BCUT2D eigenvalue weighted by atomic mass is 16.4. The van der Waals surface area contributed by atoms with Gasteiger partial charge in [0.2, 0.25) is 0 Å². The number of carbonyl (C=O) groups is 2. The van der Waals surface area contributed by atoms with Gasteiger partial charge in [-0.1, -0.05) is 12.1 Å². The molecule has 0 unspecified atom stereocenters. The fraction of sp³-hybridized carbons (Fsp3) is 0.529. The van der Waals surface area contributed by atoms with Gasteiger partial charge in [-0.25, -0.2) is 0 Å². The van der Waals surface area contributed by atoms with Crippen molar-refractivity contribution in [2.45, 2.75) is 38.1 Å². The fourth-order valence-corrected chi connectivity index (χ4v) is 3.31. The Bertz CT molecular complexity index is 562. The second-order valence-corrected chi connectivity index (χ2v) is 6.41. The van der Waals surface area contributed by atoms with E-state index in [4.69, 9.17) is 11.5 Å². The second kappa shape index (κ2) is 7.10. The third-order valence-corrected chi connectivity index (χ3v) is 4.90. The molecule has 6 heteroatoms. The summed E-state index contributed by atoms with van der Waals surface area (Å²) in [6, 6.07) is 5.53. The molecule has 0 amide bonds. The maximum absolute atomic E-state index is 12.7. The second-order valence-electron chi connectivity index (χ2n) is 6.41. The van der Waals surface area contributed by atoms with E-state index in [1.807, 2.05) is 0 Å². The zero-order valence-electron chi connectivity index (χ0n) is 13.1. The number of Topliss-reactive ketones (excluding diaryl/α,β-unsaturated/α-hetero) is 1. The Morgan fingerprint density at radius 1 is 1.22 bits per heavy atom. The van der Waals surface area contributed by atoms with Crippen molar-refractivity contribution in [1.29, 1.82) is 0 Å². The summed E-state index contributed by atoms with van der Waals surface area (Å²) in [5.74, 6) is -1.08. The molecule has 0 heterocycles. The number of aliphatic carboxylic acids is 1. The van der Waals surface area contributed by atoms with Crippen LogP contribution in [0.2, 0.25) is 0 Å². The summed E-state index contributed by atoms with van der Waals surface area (Å²) in [7, 11) is 0. The van der Waals surface area contributed by atoms with E-state index in [2.05, 4.69) is 0 Å². The number of hydrogen-bond donors (Lipinski definition) is 4. The minimum Gasteiger partial charge on any atom is -0.508 e. The number of carbonyl (C=O) groups excluding carboxylic acids is 1. The average Bonchev–Trinajstić information content (AvgIpc) is 2.56. The van der Waals surface area contributed by atoms with E-state index in [1.54, 1.807) is 12.1 Å². The van der Waals surface area contributed by atoms with Crippen LogP contribution < -0.4 is 11.5 Å². The largest absolute Gasteiger partial charge is 0.508 e. The molecule has 1 aliphatic carbocycles. The van der Waals surface area contributed by atoms with E-state index in [0.29, 0.717) is 32.2 Å². The summed E-state index contributed by atoms with van der Waals surface area (Å²) in [6.07, 6.45) is 2.13. The Morgan fingerprint density at radius 2 is 1.78 bits per heavy atom. The molecule has 1 aliphatic rings. The number of aromatic hydroxyl groups is 1. The maximum Gasteiger partial charge on any atom is 0.317 e. The topological polar surface area (TPSA) is 127 Å². The van der Waals surface area contributed by atoms with Crippen LogP contribution in [0.25, 0.3) is 0 Å². The van der Waals surface area contributed by atoms with E-state index in [0.717, 1.165) is 5.56 Å². The lowest BCUT2D eigenvalue weighted by molar-refractivity contribution is -0.158. The standard InChI is InChI=1S/C17H24N2O4/c18-10-12-5-7-17(8-6-12,16(22)23)15(21)14(19)9-11-1-3-13(20)4-2-11/h1-4,12,14,20H,5-10,18-19H2,(H,22,23)/t12?,14-,17?/m0/s1. The maximum atomic E-state index is 12.7. The van der Waals surface area contributed by atoms with Gasteiger partial charge in [0.15, 0.2) is 5.78 Å². The molecule has 6 nitrogen and oxygen atoms in total. The number of benzene rings is 1. The molecule has 2 rings (SSSR count). The Morgan fingerprint density at radius 3 is 2.26 bits per heavy atom. The van der Waals surface area contributed by atoms with Crippen molar-refractivity contribution in [2.75, 3.05) is 6.54 Å². The first-order valence-electron chi connectivity index (χ1n) is 7.90. The first-order valence-corrected chi connectivity index (χ1v) is 7.90. The van der Waals surface area contributed by atoms with Gasteiger partial charge in [-0.3, -0.25) is 9.59 Å². The van der Waals surface area contributed by atoms with Crippen LogP contribution in [0.3, 0.4) is 0 Å². The van der Waals surface area contributed by atoms with Crippen molar-refractivity contribution in [3.05, 3.63) is 29.8 Å². The van der Waals surface area contributed by atoms with Gasteiger partial charge in [-0.05, 0) is 62.3 Å². The van der Waals surface area contributed by atoms with E-state index >= 15 is 0 Å². The summed E-state index contributed by atoms with van der Waals surface area (Å²) >= 11 is 0. The Hall–Kier alpha value is -1.92. The molecule has 1 aromatic carbocycles. The monoisotopic (exact) mass is 320 g/mol. The molecule has 1 fully saturated rings. The Balaban J connectivity index is 2.11. The number of carboxylic acid groups (broad SMARTS) is 1. The number of carboxylic acids is 1. The van der Waals surface area contributed by atoms with Crippen molar-refractivity contribution in [3.8, 4) is 5.75 Å². The molecule has 0 aliphatic heterocycles. The van der Waals surface area contributed by atoms with Gasteiger partial charge in [-0.2, -0.15) is 0 Å². The smallest absolute Gasteiger partial charge is 0.317 e. The molecule has 1 aromatic rings. The number of hydrogen-bond acceptors (Lipinski definition) is 5. The summed E-state index contributed by atoms with van der Waals surface area (Å²) < 4.78 is 0. The first-order chi connectivity index (χ1) is 10.9. The van der Waals surface area contributed by atoms with Crippen LogP contribution in [0.1, 0.15) is 31.2 Å². The van der Waals surface area contributed by atoms with Gasteiger partial charge in [0.25, 0.3) is 0 Å². The van der Waals surface area contributed by atoms with Crippen LogP contribution in [0.15, 0.2) is 24.3 Å². The Labute approximate surface area is 135 Å². The summed E-state index contributed by atoms with van der Waals surface area (Å²) in [5.41, 5.74) is 11.1. The van der Waals surface area contributed by atoms with Gasteiger partial charge < -0.3 is 21.7 Å². The molecule has 1 saturated carbocycles. The predicted molar refractivity (Wildman–Crippen MR) is 85.9 cm³/mol. The zero-order valence-corrected chi connectivity index (χ0v) is 13.1. The van der Waals surface area contributed by atoms with Crippen molar-refractivity contribution < 1.29 is 19.8 Å². The Kier molecular flexibility index (Phi) is 5.38. The van der Waals surface area contributed by atoms with Gasteiger partial charge in [0.05, 0.1) is 6.04 Å². The SMILES string of the molecule is NCC1CCC(C(=O)O)(C(=O)[C@@H](N)Cc2ccc(O)cc2)CC1. The molecule has 0 aromatic heterocycles. The van der Waals surface area contributed by atoms with Crippen molar-refractivity contribution in [1.82, 2.24) is 0 Å². The third kappa shape index (κ3) is 3.71. The molecular formula is C17H24N2O4. The summed E-state index contributed by atoms with van der Waals surface area (Å²) in [6.45, 7) is 0.517. The molecule has 0 spiro atoms. The first kappa shape index (κ1) is 17.4. The highest BCUT2D eigenvalue weighted by Crippen LogP contribution is 2.40. The van der Waals surface area contributed by atoms with E-state index < -0.39 is 23.2 Å². The fourth-order valence-electron chi connectivity index (χ4n) is 3.31. The molecule has 1 atom stereocenters. The lowest BCUT2D eigenvalue weighted by Crippen LogP contribution is -2.51. The number of nitrogens with two attached hydrogens (primary N) is 2. The lowest BCUT2D eigenvalue weighted by Gasteiger charge is -2.36. The quantitative estimate of drug-likeness (QED) is 0.580. The minimum absolute atomic E-state index is 0.135. The number of phenols is 1. The van der Waals surface area contributed by atoms with Crippen molar-refractivity contribution >= 4 is 11.8 Å². The van der Waals surface area contributed by atoms with Crippen LogP contribution in [-0.2, 0) is 16.0 Å². The van der Waals surface area contributed by atoms with Gasteiger partial charge in [0, 0.05) is 0 Å². The van der Waals surface area contributed by atoms with Gasteiger partial charge in [0.1, 0.15) is 11.2 Å². The summed E-state index contributed by atoms with van der Waals surface area (Å²) in [5, 5.41) is 18.9. The molecule has 0 bridgehead atoms. The highest BCUT2D eigenvalue weighted by molar-refractivity contribution is 6.05. The normalized spacial score (nSPS) is 25.7. The number of rotatable bonds is 6. The third-order valence-electron chi connectivity index (χ3n) is 4.90. The highest BCUT2D eigenvalue weighted by Gasteiger charge is 2.49. The van der Waals surface area contributed by atoms with Crippen LogP contribution in [0, 0.1) is 11.3 Å². The summed E-state index contributed by atoms with van der Waals surface area (Å²) in [4.78, 5) is 24.5. The van der Waals surface area contributed by atoms with E-state index in [1.165, 1.54) is 12.1 Å². The molecule has 23 heavy (non-hydrogen) atoms. The molecule has 0 radical (unpaired) electrons. The number of ketones is 1. The van der Waals surface area contributed by atoms with Crippen molar-refractivity contribution in [2.24, 2.45) is 22.8 Å². The van der Waals surface area contributed by atoms with Crippen LogP contribution in [-0.4, -0.2) is 34.6 Å².